The molecule has 0 aromatic carbocycles. The third-order valence-electron chi connectivity index (χ3n) is 4.92. The Kier molecular flexibility index (Phi) is 6.99. The molecule has 1 saturated carbocycles. The zero-order valence-electron chi connectivity index (χ0n) is 13.9. The standard InChI is InChI=1S/C16H33NO2S/c1-6-17-16-8-7-14(12(2)3)11-15(16)9-10-20(18,19)13(4)5/h12-17H,6-11H2,1-5H3. The van der Waals surface area contributed by atoms with Gasteiger partial charge in [0, 0.05) is 6.04 Å². The van der Waals surface area contributed by atoms with E-state index in [1.54, 1.807) is 13.8 Å². The molecular weight excluding hydrogens is 270 g/mol. The lowest BCUT2D eigenvalue weighted by Gasteiger charge is -2.38. The van der Waals surface area contributed by atoms with Gasteiger partial charge < -0.3 is 5.32 Å². The minimum atomic E-state index is -2.90. The van der Waals surface area contributed by atoms with Crippen molar-refractivity contribution in [2.75, 3.05) is 12.3 Å². The van der Waals surface area contributed by atoms with Crippen LogP contribution in [0.1, 0.15) is 60.3 Å². The Hall–Kier alpha value is -0.0900. The zero-order chi connectivity index (χ0) is 15.3. The van der Waals surface area contributed by atoms with Crippen molar-refractivity contribution in [3.63, 3.8) is 0 Å². The van der Waals surface area contributed by atoms with Gasteiger partial charge in [0.1, 0.15) is 0 Å². The van der Waals surface area contributed by atoms with E-state index in [4.69, 9.17) is 0 Å². The Morgan fingerprint density at radius 2 is 1.80 bits per heavy atom. The molecule has 1 fully saturated rings. The second-order valence-electron chi connectivity index (χ2n) is 6.95. The van der Waals surface area contributed by atoms with Gasteiger partial charge in [0.2, 0.25) is 0 Å². The molecule has 1 N–H and O–H groups in total. The second kappa shape index (κ2) is 7.79. The lowest BCUT2D eigenvalue weighted by atomic mass is 9.72. The van der Waals surface area contributed by atoms with Gasteiger partial charge in [-0.05, 0) is 63.8 Å². The van der Waals surface area contributed by atoms with Gasteiger partial charge in [-0.15, -0.1) is 0 Å². The average Bonchev–Trinajstić information content (AvgIpc) is 2.37. The summed E-state index contributed by atoms with van der Waals surface area (Å²) in [5.41, 5.74) is 0. The molecule has 3 atom stereocenters. The predicted molar refractivity (Wildman–Crippen MR) is 86.7 cm³/mol. The fourth-order valence-corrected chi connectivity index (χ4v) is 4.41. The second-order valence-corrected chi connectivity index (χ2v) is 9.62. The van der Waals surface area contributed by atoms with E-state index in [0.29, 0.717) is 23.6 Å². The Labute approximate surface area is 125 Å². The van der Waals surface area contributed by atoms with E-state index in [9.17, 15) is 8.42 Å². The van der Waals surface area contributed by atoms with Gasteiger partial charge in [-0.1, -0.05) is 20.8 Å². The van der Waals surface area contributed by atoms with Gasteiger partial charge in [-0.25, -0.2) is 8.42 Å². The van der Waals surface area contributed by atoms with Gasteiger partial charge in [0.05, 0.1) is 11.0 Å². The Morgan fingerprint density at radius 3 is 2.30 bits per heavy atom. The van der Waals surface area contributed by atoms with Crippen molar-refractivity contribution in [2.45, 2.75) is 71.6 Å². The quantitative estimate of drug-likeness (QED) is 0.785. The fourth-order valence-electron chi connectivity index (χ4n) is 3.31. The van der Waals surface area contributed by atoms with Gasteiger partial charge in [0.25, 0.3) is 0 Å². The average molecular weight is 304 g/mol. The highest BCUT2D eigenvalue weighted by atomic mass is 32.2. The normalized spacial score (nSPS) is 28.2. The van der Waals surface area contributed by atoms with E-state index in [1.807, 2.05) is 0 Å². The molecule has 0 aliphatic heterocycles. The van der Waals surface area contributed by atoms with Crippen LogP contribution in [0, 0.1) is 17.8 Å². The SMILES string of the molecule is CCNC1CCC(C(C)C)CC1CCS(=O)(=O)C(C)C. The molecule has 3 nitrogen and oxygen atoms in total. The summed E-state index contributed by atoms with van der Waals surface area (Å²) >= 11 is 0. The molecule has 0 bridgehead atoms. The van der Waals surface area contributed by atoms with Crippen LogP contribution < -0.4 is 5.32 Å². The van der Waals surface area contributed by atoms with E-state index in [1.165, 1.54) is 19.3 Å². The molecule has 3 unspecified atom stereocenters. The largest absolute Gasteiger partial charge is 0.314 e. The summed E-state index contributed by atoms with van der Waals surface area (Å²) in [7, 11) is -2.90. The molecule has 0 aromatic heterocycles. The molecule has 0 aromatic rings. The van der Waals surface area contributed by atoms with E-state index >= 15 is 0 Å². The first-order chi connectivity index (χ1) is 9.27. The first-order valence-corrected chi connectivity index (χ1v) is 9.94. The van der Waals surface area contributed by atoms with Crippen LogP contribution in [0.5, 0.6) is 0 Å². The highest BCUT2D eigenvalue weighted by Crippen LogP contribution is 2.35. The number of hydrogen-bond acceptors (Lipinski definition) is 3. The summed E-state index contributed by atoms with van der Waals surface area (Å²) in [5.74, 6) is 2.34. The maximum absolute atomic E-state index is 12.0. The zero-order valence-corrected chi connectivity index (χ0v) is 14.7. The molecule has 0 saturated heterocycles. The summed E-state index contributed by atoms with van der Waals surface area (Å²) in [4.78, 5) is 0. The smallest absolute Gasteiger partial charge is 0.152 e. The molecule has 0 radical (unpaired) electrons. The Bertz CT molecular complexity index is 376. The van der Waals surface area contributed by atoms with Crippen LogP contribution in [0.3, 0.4) is 0 Å². The minimum absolute atomic E-state index is 0.246. The van der Waals surface area contributed by atoms with Crippen molar-refractivity contribution < 1.29 is 8.42 Å². The number of sulfone groups is 1. The van der Waals surface area contributed by atoms with E-state index in [-0.39, 0.29) is 5.25 Å². The molecule has 1 rings (SSSR count). The van der Waals surface area contributed by atoms with Gasteiger partial charge >= 0.3 is 0 Å². The summed E-state index contributed by atoms with van der Waals surface area (Å²) in [6.07, 6.45) is 4.48. The highest BCUT2D eigenvalue weighted by Gasteiger charge is 2.32. The summed E-state index contributed by atoms with van der Waals surface area (Å²) in [5, 5.41) is 3.32. The molecule has 0 heterocycles. The fraction of sp³-hybridized carbons (Fsp3) is 1.00. The van der Waals surface area contributed by atoms with Crippen molar-refractivity contribution in [1.29, 1.82) is 0 Å². The number of hydrogen-bond donors (Lipinski definition) is 1. The van der Waals surface area contributed by atoms with Gasteiger partial charge in [-0.3, -0.25) is 0 Å². The van der Waals surface area contributed by atoms with E-state index in [0.717, 1.165) is 18.9 Å². The first-order valence-electron chi connectivity index (χ1n) is 8.22. The molecule has 1 aliphatic carbocycles. The predicted octanol–water partition coefficient (Wildman–Crippen LogP) is 3.25. The van der Waals surface area contributed by atoms with Gasteiger partial charge in [-0.2, -0.15) is 0 Å². The van der Waals surface area contributed by atoms with Crippen molar-refractivity contribution in [3.8, 4) is 0 Å². The maximum Gasteiger partial charge on any atom is 0.152 e. The van der Waals surface area contributed by atoms with Crippen molar-refractivity contribution >= 4 is 9.84 Å². The summed E-state index contributed by atoms with van der Waals surface area (Å²) < 4.78 is 24.1. The van der Waals surface area contributed by atoms with E-state index in [2.05, 4.69) is 26.1 Å². The number of nitrogens with one attached hydrogen (secondary N) is 1. The van der Waals surface area contributed by atoms with Gasteiger partial charge in [0.15, 0.2) is 9.84 Å². The van der Waals surface area contributed by atoms with Crippen LogP contribution in [0.25, 0.3) is 0 Å². The summed E-state index contributed by atoms with van der Waals surface area (Å²) in [6, 6.07) is 0.511. The van der Waals surface area contributed by atoms with Crippen molar-refractivity contribution in [1.82, 2.24) is 5.32 Å². The Morgan fingerprint density at radius 1 is 1.15 bits per heavy atom. The molecule has 20 heavy (non-hydrogen) atoms. The maximum atomic E-state index is 12.0. The van der Waals surface area contributed by atoms with Crippen LogP contribution in [0.4, 0.5) is 0 Å². The third-order valence-corrected chi connectivity index (χ3v) is 7.16. The number of rotatable bonds is 7. The van der Waals surface area contributed by atoms with Crippen LogP contribution >= 0.6 is 0 Å². The topological polar surface area (TPSA) is 46.2 Å². The van der Waals surface area contributed by atoms with Crippen LogP contribution in [0.2, 0.25) is 0 Å². The monoisotopic (exact) mass is 303 g/mol. The first kappa shape index (κ1) is 18.0. The van der Waals surface area contributed by atoms with Crippen molar-refractivity contribution in [3.05, 3.63) is 0 Å². The van der Waals surface area contributed by atoms with E-state index < -0.39 is 9.84 Å². The lowest BCUT2D eigenvalue weighted by Crippen LogP contribution is -2.42. The molecule has 120 valence electrons. The Balaban J connectivity index is 2.65. The molecule has 4 heteroatoms. The minimum Gasteiger partial charge on any atom is -0.314 e. The van der Waals surface area contributed by atoms with Crippen LogP contribution in [-0.4, -0.2) is 32.0 Å². The lowest BCUT2D eigenvalue weighted by molar-refractivity contribution is 0.166. The highest BCUT2D eigenvalue weighted by molar-refractivity contribution is 7.91. The molecule has 0 spiro atoms. The van der Waals surface area contributed by atoms with Crippen LogP contribution in [0.15, 0.2) is 0 Å². The van der Waals surface area contributed by atoms with Crippen LogP contribution in [-0.2, 0) is 9.84 Å². The molecule has 0 amide bonds. The van der Waals surface area contributed by atoms with Crippen molar-refractivity contribution in [2.24, 2.45) is 17.8 Å². The summed E-state index contributed by atoms with van der Waals surface area (Å²) in [6.45, 7) is 11.3. The molecule has 1 aliphatic rings. The third kappa shape index (κ3) is 5.03. The molecular formula is C16H33NO2S.